The maximum atomic E-state index is 11.9. The van der Waals surface area contributed by atoms with Crippen molar-refractivity contribution in [2.75, 3.05) is 27.3 Å². The molecular weight excluding hydrogens is 298 g/mol. The van der Waals surface area contributed by atoms with Gasteiger partial charge < -0.3 is 9.72 Å². The second-order valence-electron chi connectivity index (χ2n) is 3.25. The summed E-state index contributed by atoms with van der Waals surface area (Å²) >= 11 is 3.34. The van der Waals surface area contributed by atoms with Crippen LogP contribution in [0.2, 0.25) is 0 Å². The van der Waals surface area contributed by atoms with Crippen molar-refractivity contribution in [3.05, 3.63) is 12.5 Å². The summed E-state index contributed by atoms with van der Waals surface area (Å²) in [4.78, 5) is 6.22. The fourth-order valence-electron chi connectivity index (χ4n) is 1.16. The zero-order valence-electron chi connectivity index (χ0n) is 9.05. The van der Waals surface area contributed by atoms with E-state index in [9.17, 15) is 8.42 Å². The minimum atomic E-state index is -3.48. The molecule has 6 nitrogen and oxygen atoms in total. The molecule has 0 fully saturated rings. The van der Waals surface area contributed by atoms with Gasteiger partial charge in [0.15, 0.2) is 5.03 Å². The second-order valence-corrected chi connectivity index (χ2v) is 6.56. The third kappa shape index (κ3) is 3.27. The number of alkyl halides is 1. The van der Waals surface area contributed by atoms with Gasteiger partial charge in [-0.25, -0.2) is 13.4 Å². The number of methoxy groups -OCH3 is 1. The average Bonchev–Trinajstić information content (AvgIpc) is 2.70. The van der Waals surface area contributed by atoms with E-state index in [4.69, 9.17) is 4.74 Å². The largest absolute Gasteiger partial charge is 0.383 e. The first-order valence-electron chi connectivity index (χ1n) is 4.56. The van der Waals surface area contributed by atoms with Crippen LogP contribution in [0.15, 0.2) is 17.6 Å². The van der Waals surface area contributed by atoms with E-state index in [2.05, 4.69) is 25.9 Å². The number of hydrogen-bond acceptors (Lipinski definition) is 4. The van der Waals surface area contributed by atoms with Crippen molar-refractivity contribution in [2.45, 2.75) is 9.85 Å². The number of rotatable bonds is 6. The summed E-state index contributed by atoms with van der Waals surface area (Å²) in [5.74, 6) is 0. The molecule has 92 valence electrons. The molecule has 0 aliphatic rings. The van der Waals surface area contributed by atoms with E-state index in [0.29, 0.717) is 13.2 Å². The van der Waals surface area contributed by atoms with Gasteiger partial charge in [-0.15, -0.1) is 0 Å². The van der Waals surface area contributed by atoms with Gasteiger partial charge in [-0.1, -0.05) is 15.9 Å². The molecule has 0 saturated heterocycles. The lowest BCUT2D eigenvalue weighted by Crippen LogP contribution is -2.33. The molecule has 0 aromatic carbocycles. The summed E-state index contributed by atoms with van der Waals surface area (Å²) in [5, 5.41) is 0.0899. The summed E-state index contributed by atoms with van der Waals surface area (Å²) in [6.45, 7) is 0.776. The van der Waals surface area contributed by atoms with Crippen LogP contribution in [0, 0.1) is 0 Å². The standard InChI is InChI=1S/C8H14BrN3O3S/c1-12(4-7(9)5-15-2)16(13,14)8-3-10-6-11-8/h3,6-7H,4-5H2,1-2H3,(H,10,11). The summed E-state index contributed by atoms with van der Waals surface area (Å²) in [5.41, 5.74) is 0. The Morgan fingerprint density at radius 2 is 2.38 bits per heavy atom. The number of hydrogen-bond donors (Lipinski definition) is 1. The Bertz CT molecular complexity index is 406. The van der Waals surface area contributed by atoms with Gasteiger partial charge in [0.1, 0.15) is 0 Å². The Morgan fingerprint density at radius 3 is 2.88 bits per heavy atom. The van der Waals surface area contributed by atoms with Crippen molar-refractivity contribution in [3.63, 3.8) is 0 Å². The Balaban J connectivity index is 2.70. The van der Waals surface area contributed by atoms with Gasteiger partial charge >= 0.3 is 0 Å². The van der Waals surface area contributed by atoms with Crippen molar-refractivity contribution in [1.82, 2.24) is 14.3 Å². The van der Waals surface area contributed by atoms with E-state index in [1.807, 2.05) is 0 Å². The highest BCUT2D eigenvalue weighted by Crippen LogP contribution is 2.12. The number of ether oxygens (including phenoxy) is 1. The number of aromatic nitrogens is 2. The average molecular weight is 312 g/mol. The van der Waals surface area contributed by atoms with E-state index in [1.54, 1.807) is 7.11 Å². The van der Waals surface area contributed by atoms with Crippen LogP contribution in [-0.4, -0.2) is 54.8 Å². The first-order valence-corrected chi connectivity index (χ1v) is 6.91. The highest BCUT2D eigenvalue weighted by atomic mass is 79.9. The fourth-order valence-corrected chi connectivity index (χ4v) is 3.16. The Labute approximate surface area is 103 Å². The Hall–Kier alpha value is -0.440. The van der Waals surface area contributed by atoms with Gasteiger partial charge in [0.2, 0.25) is 0 Å². The SMILES string of the molecule is COCC(Br)CN(C)S(=O)(=O)c1cnc[nH]1. The molecule has 1 atom stereocenters. The van der Waals surface area contributed by atoms with Crippen molar-refractivity contribution < 1.29 is 13.2 Å². The van der Waals surface area contributed by atoms with Gasteiger partial charge in [0, 0.05) is 20.7 Å². The molecule has 0 bridgehead atoms. The number of nitrogens with one attached hydrogen (secondary N) is 1. The zero-order valence-corrected chi connectivity index (χ0v) is 11.5. The molecule has 1 aromatic heterocycles. The van der Waals surface area contributed by atoms with Crippen LogP contribution < -0.4 is 0 Å². The number of nitrogens with zero attached hydrogens (tertiary/aromatic N) is 2. The summed E-state index contributed by atoms with van der Waals surface area (Å²) < 4.78 is 30.0. The number of H-pyrrole nitrogens is 1. The lowest BCUT2D eigenvalue weighted by atomic mass is 10.4. The maximum absolute atomic E-state index is 11.9. The highest BCUT2D eigenvalue weighted by Gasteiger charge is 2.23. The second kappa shape index (κ2) is 5.76. The van der Waals surface area contributed by atoms with Gasteiger partial charge in [-0.2, -0.15) is 4.31 Å². The van der Waals surface area contributed by atoms with Gasteiger partial charge in [-0.05, 0) is 0 Å². The van der Waals surface area contributed by atoms with E-state index < -0.39 is 10.0 Å². The summed E-state index contributed by atoms with van der Waals surface area (Å²) in [6, 6.07) is 0. The van der Waals surface area contributed by atoms with Crippen molar-refractivity contribution in [2.24, 2.45) is 0 Å². The molecule has 0 amide bonds. The minimum absolute atomic E-state index is 0.0415. The van der Waals surface area contributed by atoms with E-state index >= 15 is 0 Å². The molecular formula is C8H14BrN3O3S. The first kappa shape index (κ1) is 13.6. The normalized spacial score (nSPS) is 14.2. The van der Waals surface area contributed by atoms with Crippen LogP contribution in [0.25, 0.3) is 0 Å². The van der Waals surface area contributed by atoms with Crippen LogP contribution in [0.1, 0.15) is 0 Å². The minimum Gasteiger partial charge on any atom is -0.383 e. The Kier molecular flexibility index (Phi) is 4.90. The van der Waals surface area contributed by atoms with Crippen molar-refractivity contribution >= 4 is 26.0 Å². The topological polar surface area (TPSA) is 75.3 Å². The predicted octanol–water partition coefficient (Wildman–Crippen LogP) is 0.440. The quantitative estimate of drug-likeness (QED) is 0.774. The molecule has 0 spiro atoms. The van der Waals surface area contributed by atoms with E-state index in [1.165, 1.54) is 23.9 Å². The number of sulfonamides is 1. The van der Waals surface area contributed by atoms with Gasteiger partial charge in [-0.3, -0.25) is 0 Å². The van der Waals surface area contributed by atoms with Gasteiger partial charge in [0.25, 0.3) is 10.0 Å². The predicted molar refractivity (Wildman–Crippen MR) is 63.0 cm³/mol. The zero-order chi connectivity index (χ0) is 12.2. The van der Waals surface area contributed by atoms with Crippen molar-refractivity contribution in [3.8, 4) is 0 Å². The fraction of sp³-hybridized carbons (Fsp3) is 0.625. The number of aromatic amines is 1. The lowest BCUT2D eigenvalue weighted by molar-refractivity contribution is 0.195. The molecule has 0 aliphatic heterocycles. The highest BCUT2D eigenvalue weighted by molar-refractivity contribution is 9.09. The maximum Gasteiger partial charge on any atom is 0.259 e. The summed E-state index contributed by atoms with van der Waals surface area (Å²) in [6.07, 6.45) is 2.62. The molecule has 0 radical (unpaired) electrons. The number of halogens is 1. The smallest absolute Gasteiger partial charge is 0.259 e. The molecule has 8 heteroatoms. The van der Waals surface area contributed by atoms with Gasteiger partial charge in [0.05, 0.1) is 24.0 Å². The van der Waals surface area contributed by atoms with Crippen LogP contribution in [0.3, 0.4) is 0 Å². The lowest BCUT2D eigenvalue weighted by Gasteiger charge is -2.18. The number of imidazole rings is 1. The third-order valence-electron chi connectivity index (χ3n) is 1.96. The van der Waals surface area contributed by atoms with E-state index in [0.717, 1.165) is 0 Å². The molecule has 1 rings (SSSR count). The molecule has 16 heavy (non-hydrogen) atoms. The van der Waals surface area contributed by atoms with E-state index in [-0.39, 0.29) is 9.85 Å². The van der Waals surface area contributed by atoms with Crippen LogP contribution in [-0.2, 0) is 14.8 Å². The van der Waals surface area contributed by atoms with Crippen LogP contribution in [0.5, 0.6) is 0 Å². The molecule has 0 aliphatic carbocycles. The molecule has 1 heterocycles. The third-order valence-corrected chi connectivity index (χ3v) is 4.27. The molecule has 1 aromatic rings. The molecule has 1 N–H and O–H groups in total. The monoisotopic (exact) mass is 311 g/mol. The van der Waals surface area contributed by atoms with Crippen molar-refractivity contribution in [1.29, 1.82) is 0 Å². The molecule has 0 saturated carbocycles. The molecule has 1 unspecified atom stereocenters. The van der Waals surface area contributed by atoms with Crippen LogP contribution >= 0.6 is 15.9 Å². The summed E-state index contributed by atoms with van der Waals surface area (Å²) in [7, 11) is -0.398. The van der Waals surface area contributed by atoms with Crippen LogP contribution in [0.4, 0.5) is 0 Å². The Morgan fingerprint density at radius 1 is 1.69 bits per heavy atom. The first-order chi connectivity index (χ1) is 7.48.